The Morgan fingerprint density at radius 1 is 1.15 bits per heavy atom. The molecule has 8 nitrogen and oxygen atoms in total. The van der Waals surface area contributed by atoms with Crippen LogP contribution in [0.25, 0.3) is 0 Å². The van der Waals surface area contributed by atoms with Crippen molar-refractivity contribution in [2.45, 2.75) is 69.8 Å². The van der Waals surface area contributed by atoms with Crippen molar-refractivity contribution < 1.29 is 22.7 Å². The number of likely N-dealkylation sites (tertiary alicyclic amines) is 2. The molecule has 0 spiro atoms. The first-order chi connectivity index (χ1) is 18.7. The summed E-state index contributed by atoms with van der Waals surface area (Å²) in [7, 11) is 2.09. The number of hydrogen-bond donors (Lipinski definition) is 2. The molecule has 2 saturated carbocycles. The smallest absolute Gasteiger partial charge is 0.380 e. The van der Waals surface area contributed by atoms with Crippen LogP contribution >= 0.6 is 0 Å². The first kappa shape index (κ1) is 27.7. The number of halogens is 3. The Labute approximate surface area is 229 Å². The summed E-state index contributed by atoms with van der Waals surface area (Å²) in [6.45, 7) is 4.43. The molecular formula is C28H43F3N6O2. The molecule has 1 amide bonds. The highest BCUT2D eigenvalue weighted by molar-refractivity contribution is 5.82. The molecule has 4 aliphatic heterocycles. The summed E-state index contributed by atoms with van der Waals surface area (Å²) >= 11 is 0. The van der Waals surface area contributed by atoms with Crippen LogP contribution in [0.5, 0.6) is 0 Å². The van der Waals surface area contributed by atoms with Gasteiger partial charge in [0.25, 0.3) is 0 Å². The molecule has 6 fully saturated rings. The lowest BCUT2D eigenvalue weighted by molar-refractivity contribution is -0.204. The third kappa shape index (κ3) is 5.32. The average molecular weight is 553 g/mol. The van der Waals surface area contributed by atoms with E-state index < -0.39 is 23.9 Å². The van der Waals surface area contributed by atoms with Gasteiger partial charge in [-0.05, 0) is 76.3 Å². The summed E-state index contributed by atoms with van der Waals surface area (Å²) in [4.78, 5) is 20.1. The van der Waals surface area contributed by atoms with Gasteiger partial charge in [0.15, 0.2) is 0 Å². The van der Waals surface area contributed by atoms with Crippen LogP contribution in [0.4, 0.5) is 13.2 Å². The molecule has 0 bridgehead atoms. The standard InChI is InChI=1S/C28H43F3N6O2/c1-35-17-33-34-25(35)10-27(15-39-16-27)20-3-2-4-21(9-20)37-14-23-22(26(37)38)7-19(8-24(23)28(29,30)31)13-36-6-5-18(11-32)12-36/h18-25,33-34H,2-10,12-17H2,1H3/t18-,19?,20?,21?,22?,23?,24?,25?/m0/s1. The number of fused-ring (bicyclic) bond motifs is 1. The second kappa shape index (κ2) is 10.8. The normalized spacial score (nSPS) is 41.4. The fraction of sp³-hybridized carbons (Fsp3) is 0.929. The van der Waals surface area contributed by atoms with Crippen molar-refractivity contribution in [3.8, 4) is 6.07 Å². The lowest BCUT2D eigenvalue weighted by Crippen LogP contribution is -2.56. The summed E-state index contributed by atoms with van der Waals surface area (Å²) in [5.41, 5.74) is 6.62. The van der Waals surface area contributed by atoms with Gasteiger partial charge in [-0.1, -0.05) is 6.42 Å². The Morgan fingerprint density at radius 2 is 1.97 bits per heavy atom. The summed E-state index contributed by atoms with van der Waals surface area (Å²) in [5.74, 6) is -2.42. The Kier molecular flexibility index (Phi) is 7.64. The molecule has 4 saturated heterocycles. The number of amides is 1. The van der Waals surface area contributed by atoms with Gasteiger partial charge in [0, 0.05) is 37.0 Å². The largest absolute Gasteiger partial charge is 0.392 e. The molecule has 218 valence electrons. The number of nitrogens with one attached hydrogen (secondary N) is 2. The number of alkyl halides is 3. The molecule has 39 heavy (non-hydrogen) atoms. The number of hydrogen-bond acceptors (Lipinski definition) is 7. The summed E-state index contributed by atoms with van der Waals surface area (Å²) in [6, 6.07) is 2.32. The van der Waals surface area contributed by atoms with E-state index in [1.807, 2.05) is 4.90 Å². The van der Waals surface area contributed by atoms with Gasteiger partial charge in [0.05, 0.1) is 44.0 Å². The first-order valence-electron chi connectivity index (χ1n) is 14.9. The van der Waals surface area contributed by atoms with Gasteiger partial charge in [0.1, 0.15) is 0 Å². The number of carbonyl (C=O) groups excluding carboxylic acids is 1. The predicted molar refractivity (Wildman–Crippen MR) is 137 cm³/mol. The van der Waals surface area contributed by atoms with Gasteiger partial charge in [-0.2, -0.15) is 18.4 Å². The second-order valence-corrected chi connectivity index (χ2v) is 13.4. The molecule has 11 heteroatoms. The molecule has 7 unspecified atom stereocenters. The maximum Gasteiger partial charge on any atom is 0.392 e. The van der Waals surface area contributed by atoms with Crippen molar-refractivity contribution in [1.29, 1.82) is 5.26 Å². The number of nitriles is 1. The van der Waals surface area contributed by atoms with Crippen molar-refractivity contribution in [3.63, 3.8) is 0 Å². The second-order valence-electron chi connectivity index (χ2n) is 13.4. The molecule has 2 N–H and O–H groups in total. The minimum Gasteiger partial charge on any atom is -0.380 e. The highest BCUT2D eigenvalue weighted by Gasteiger charge is 2.58. The maximum absolute atomic E-state index is 14.4. The zero-order valence-corrected chi connectivity index (χ0v) is 23.0. The van der Waals surface area contributed by atoms with Crippen LogP contribution in [0.15, 0.2) is 0 Å². The number of carbonyl (C=O) groups is 1. The van der Waals surface area contributed by atoms with Crippen molar-refractivity contribution in [1.82, 2.24) is 25.6 Å². The highest BCUT2D eigenvalue weighted by Crippen LogP contribution is 2.53. The number of hydrazine groups is 1. The molecular weight excluding hydrogens is 509 g/mol. The number of ether oxygens (including phenoxy) is 1. The molecule has 6 aliphatic rings. The Hall–Kier alpha value is -1.45. The monoisotopic (exact) mass is 552 g/mol. The first-order valence-corrected chi connectivity index (χ1v) is 14.9. The van der Waals surface area contributed by atoms with Gasteiger partial charge in [-0.25, -0.2) is 10.9 Å². The number of nitrogens with zero attached hydrogens (tertiary/aromatic N) is 4. The zero-order chi connectivity index (χ0) is 27.4. The lowest BCUT2D eigenvalue weighted by atomic mass is 9.64. The van der Waals surface area contributed by atoms with Crippen molar-refractivity contribution in [2.75, 3.05) is 53.1 Å². The van der Waals surface area contributed by atoms with Gasteiger partial charge in [0.2, 0.25) is 5.91 Å². The third-order valence-corrected chi connectivity index (χ3v) is 11.1. The van der Waals surface area contributed by atoms with E-state index in [1.54, 1.807) is 0 Å². The molecule has 2 aliphatic carbocycles. The maximum atomic E-state index is 14.4. The average Bonchev–Trinajstić information content (AvgIpc) is 3.60. The zero-order valence-electron chi connectivity index (χ0n) is 23.0. The van der Waals surface area contributed by atoms with Crippen LogP contribution in [0, 0.1) is 52.3 Å². The van der Waals surface area contributed by atoms with E-state index in [-0.39, 0.29) is 48.3 Å². The van der Waals surface area contributed by atoms with E-state index in [1.165, 1.54) is 0 Å². The van der Waals surface area contributed by atoms with Crippen LogP contribution in [0.2, 0.25) is 0 Å². The molecule has 0 aromatic heterocycles. The highest BCUT2D eigenvalue weighted by atomic mass is 19.4. The van der Waals surface area contributed by atoms with E-state index in [9.17, 15) is 23.2 Å². The van der Waals surface area contributed by atoms with Crippen LogP contribution in [-0.2, 0) is 9.53 Å². The van der Waals surface area contributed by atoms with Crippen molar-refractivity contribution in [2.24, 2.45) is 40.9 Å². The topological polar surface area (TPSA) is 83.9 Å². The fourth-order valence-corrected chi connectivity index (χ4v) is 8.82. The van der Waals surface area contributed by atoms with E-state index in [4.69, 9.17) is 4.74 Å². The molecule has 8 atom stereocenters. The van der Waals surface area contributed by atoms with E-state index in [2.05, 4.69) is 33.8 Å². The summed E-state index contributed by atoms with van der Waals surface area (Å²) in [5, 5.41) is 9.23. The van der Waals surface area contributed by atoms with Crippen LogP contribution < -0.4 is 10.9 Å². The Bertz CT molecular complexity index is 955. The lowest BCUT2D eigenvalue weighted by Gasteiger charge is -2.52. The van der Waals surface area contributed by atoms with E-state index in [0.717, 1.165) is 65.0 Å². The Morgan fingerprint density at radius 3 is 2.62 bits per heavy atom. The number of rotatable bonds is 6. The summed E-state index contributed by atoms with van der Waals surface area (Å²) in [6.07, 6.45) is 2.16. The van der Waals surface area contributed by atoms with Gasteiger partial charge in [-0.3, -0.25) is 9.69 Å². The quantitative estimate of drug-likeness (QED) is 0.524. The van der Waals surface area contributed by atoms with Gasteiger partial charge in [-0.15, -0.1) is 0 Å². The third-order valence-electron chi connectivity index (χ3n) is 11.1. The van der Waals surface area contributed by atoms with Gasteiger partial charge >= 0.3 is 6.18 Å². The van der Waals surface area contributed by atoms with Gasteiger partial charge < -0.3 is 14.5 Å². The van der Waals surface area contributed by atoms with E-state index >= 15 is 0 Å². The minimum atomic E-state index is -4.30. The minimum absolute atomic E-state index is 0.0222. The van der Waals surface area contributed by atoms with E-state index in [0.29, 0.717) is 25.4 Å². The SMILES string of the molecule is CN1CNNC1CC1(C2CCCC(N3CC4C(CC(CN5CC[C@@H](C#N)C5)CC4C(F)(F)F)C3=O)C2)COC1. The molecule has 4 heterocycles. The van der Waals surface area contributed by atoms with Crippen LogP contribution in [0.1, 0.15) is 51.4 Å². The van der Waals surface area contributed by atoms with Crippen molar-refractivity contribution >= 4 is 5.91 Å². The Balaban J connectivity index is 1.14. The molecule has 6 rings (SSSR count). The van der Waals surface area contributed by atoms with Crippen molar-refractivity contribution in [3.05, 3.63) is 0 Å². The molecule has 0 aromatic rings. The molecule has 0 radical (unpaired) electrons. The molecule has 0 aromatic carbocycles. The summed E-state index contributed by atoms with van der Waals surface area (Å²) < 4.78 is 48.8. The van der Waals surface area contributed by atoms with Crippen LogP contribution in [-0.4, -0.2) is 92.1 Å². The predicted octanol–water partition coefficient (Wildman–Crippen LogP) is 2.78. The fourth-order valence-electron chi connectivity index (χ4n) is 8.82. The van der Waals surface area contributed by atoms with Crippen LogP contribution in [0.3, 0.4) is 0 Å².